The third-order valence-electron chi connectivity index (χ3n) is 6.11. The number of para-hydroxylation sites is 2. The summed E-state index contributed by atoms with van der Waals surface area (Å²) in [4.78, 5) is 22.3. The second-order valence-corrected chi connectivity index (χ2v) is 9.27. The van der Waals surface area contributed by atoms with Crippen molar-refractivity contribution in [1.29, 1.82) is 0 Å². The molecule has 0 spiro atoms. The van der Waals surface area contributed by atoms with Gasteiger partial charge in [0.2, 0.25) is 5.88 Å². The van der Waals surface area contributed by atoms with Crippen molar-refractivity contribution in [3.63, 3.8) is 0 Å². The number of rotatable bonds is 6. The minimum Gasteiger partial charge on any atom is -0.437 e. The molecular weight excluding hydrogens is 457 g/mol. The van der Waals surface area contributed by atoms with E-state index < -0.39 is 0 Å². The summed E-state index contributed by atoms with van der Waals surface area (Å²) in [5.74, 6) is 0.449. The fraction of sp³-hybridized carbons (Fsp3) is 0.308. The molecule has 2 heterocycles. The average Bonchev–Trinajstić information content (AvgIpc) is 3.67. The Morgan fingerprint density at radius 1 is 1.06 bits per heavy atom. The molecule has 5 nitrogen and oxygen atoms in total. The van der Waals surface area contributed by atoms with Crippen molar-refractivity contribution in [2.24, 2.45) is 0 Å². The molecule has 1 aliphatic heterocycles. The number of carbonyl (C=O) groups excluding carboxylic acids is 1. The van der Waals surface area contributed by atoms with Gasteiger partial charge in [0.25, 0.3) is 5.91 Å². The molecule has 0 saturated heterocycles. The second kappa shape index (κ2) is 9.24. The zero-order valence-corrected chi connectivity index (χ0v) is 19.9. The monoisotopic (exact) mass is 481 g/mol. The first-order valence-corrected chi connectivity index (χ1v) is 12.1. The molecule has 3 aromatic rings. The number of hydrogen-bond donors (Lipinski definition) is 0. The number of anilines is 2. The molecule has 2 aromatic carbocycles. The Morgan fingerprint density at radius 3 is 2.61 bits per heavy atom. The number of aryl methyl sites for hydroxylation is 1. The van der Waals surface area contributed by atoms with E-state index in [1.807, 2.05) is 29.2 Å². The van der Waals surface area contributed by atoms with Gasteiger partial charge in [0.15, 0.2) is 0 Å². The molecular formula is C26H25Cl2N3O2. The summed E-state index contributed by atoms with van der Waals surface area (Å²) in [5, 5.41) is 1.03. The topological polar surface area (TPSA) is 45.7 Å². The van der Waals surface area contributed by atoms with Gasteiger partial charge < -0.3 is 14.5 Å². The molecule has 2 aliphatic rings. The van der Waals surface area contributed by atoms with E-state index in [4.69, 9.17) is 27.9 Å². The predicted molar refractivity (Wildman–Crippen MR) is 133 cm³/mol. The number of amides is 1. The lowest BCUT2D eigenvalue weighted by Gasteiger charge is -2.38. The normalized spacial score (nSPS) is 15.4. The molecule has 7 heteroatoms. The van der Waals surface area contributed by atoms with E-state index in [0.717, 1.165) is 36.3 Å². The highest BCUT2D eigenvalue weighted by Crippen LogP contribution is 2.41. The summed E-state index contributed by atoms with van der Waals surface area (Å²) in [6.45, 7) is 3.51. The fourth-order valence-corrected chi connectivity index (χ4v) is 4.83. The Labute approximate surface area is 203 Å². The first kappa shape index (κ1) is 22.1. The smallest absolute Gasteiger partial charge is 0.263 e. The van der Waals surface area contributed by atoms with Crippen LogP contribution >= 0.6 is 23.2 Å². The molecule has 170 valence electrons. The van der Waals surface area contributed by atoms with E-state index in [9.17, 15) is 4.79 Å². The van der Waals surface area contributed by atoms with Crippen LogP contribution in [0.25, 0.3) is 0 Å². The van der Waals surface area contributed by atoms with Crippen LogP contribution in [0, 0.1) is 0 Å². The third kappa shape index (κ3) is 4.40. The van der Waals surface area contributed by atoms with Crippen molar-refractivity contribution in [3.8, 4) is 11.6 Å². The van der Waals surface area contributed by atoms with Crippen molar-refractivity contribution in [2.75, 3.05) is 22.9 Å². The summed E-state index contributed by atoms with van der Waals surface area (Å²) in [6, 6.07) is 15.7. The van der Waals surface area contributed by atoms with Crippen LogP contribution in [-0.4, -0.2) is 30.0 Å². The number of fused-ring (bicyclic) bond motifs is 1. The summed E-state index contributed by atoms with van der Waals surface area (Å²) in [5.41, 5.74) is 3.38. The van der Waals surface area contributed by atoms with E-state index >= 15 is 0 Å². The standard InChI is InChI=1S/C26H25Cl2N3O2/c1-2-6-17-15-21(28)24(16-20(17)27)33-25-19(7-5-12-29-25)26(32)31-14-13-30(18-10-11-18)22-8-3-4-9-23(22)31/h3-5,7-9,12,15-16,18H,2,6,10-11,13-14H2,1H3. The minimum absolute atomic E-state index is 0.147. The van der Waals surface area contributed by atoms with Gasteiger partial charge in [0.1, 0.15) is 11.3 Å². The second-order valence-electron chi connectivity index (χ2n) is 8.45. The van der Waals surface area contributed by atoms with Crippen molar-refractivity contribution < 1.29 is 9.53 Å². The summed E-state index contributed by atoms with van der Waals surface area (Å²) in [7, 11) is 0. The Bertz CT molecular complexity index is 1200. The number of halogens is 2. The fourth-order valence-electron chi connectivity index (χ4n) is 4.35. The number of nitrogens with zero attached hydrogens (tertiary/aromatic N) is 3. The van der Waals surface area contributed by atoms with Crippen LogP contribution in [0.3, 0.4) is 0 Å². The summed E-state index contributed by atoms with van der Waals surface area (Å²) >= 11 is 12.9. The summed E-state index contributed by atoms with van der Waals surface area (Å²) in [6.07, 6.45) is 5.82. The number of carbonyl (C=O) groups is 1. The number of aromatic nitrogens is 1. The molecule has 1 amide bonds. The highest BCUT2D eigenvalue weighted by Gasteiger charge is 2.36. The maximum Gasteiger partial charge on any atom is 0.263 e. The van der Waals surface area contributed by atoms with Gasteiger partial charge in [-0.3, -0.25) is 4.79 Å². The third-order valence-corrected chi connectivity index (χ3v) is 6.75. The minimum atomic E-state index is -0.147. The van der Waals surface area contributed by atoms with Crippen LogP contribution in [0.5, 0.6) is 11.6 Å². The first-order chi connectivity index (χ1) is 16.1. The molecule has 1 aliphatic carbocycles. The quantitative estimate of drug-likeness (QED) is 0.389. The molecule has 1 aromatic heterocycles. The highest BCUT2D eigenvalue weighted by atomic mass is 35.5. The lowest BCUT2D eigenvalue weighted by atomic mass is 10.1. The van der Waals surface area contributed by atoms with Gasteiger partial charge in [-0.05, 0) is 55.2 Å². The zero-order valence-electron chi connectivity index (χ0n) is 18.4. The van der Waals surface area contributed by atoms with Gasteiger partial charge in [0, 0.05) is 36.4 Å². The lowest BCUT2D eigenvalue weighted by molar-refractivity contribution is 0.0983. The van der Waals surface area contributed by atoms with Gasteiger partial charge in [-0.2, -0.15) is 0 Å². The predicted octanol–water partition coefficient (Wildman–Crippen LogP) is 6.76. The number of pyridine rings is 1. The maximum absolute atomic E-state index is 13.7. The van der Waals surface area contributed by atoms with E-state index in [-0.39, 0.29) is 11.8 Å². The Morgan fingerprint density at radius 2 is 1.85 bits per heavy atom. The van der Waals surface area contributed by atoms with Crippen molar-refractivity contribution in [2.45, 2.75) is 38.6 Å². The summed E-state index contributed by atoms with van der Waals surface area (Å²) < 4.78 is 6.04. The molecule has 0 radical (unpaired) electrons. The lowest BCUT2D eigenvalue weighted by Crippen LogP contribution is -2.45. The molecule has 0 unspecified atom stereocenters. The van der Waals surface area contributed by atoms with E-state index in [0.29, 0.717) is 33.9 Å². The molecule has 5 rings (SSSR count). The van der Waals surface area contributed by atoms with Gasteiger partial charge in [-0.25, -0.2) is 4.98 Å². The molecule has 0 N–H and O–H groups in total. The first-order valence-electron chi connectivity index (χ1n) is 11.3. The zero-order chi connectivity index (χ0) is 22.9. The number of hydrogen-bond acceptors (Lipinski definition) is 4. The van der Waals surface area contributed by atoms with Crippen molar-refractivity contribution in [1.82, 2.24) is 4.98 Å². The molecule has 33 heavy (non-hydrogen) atoms. The highest BCUT2D eigenvalue weighted by molar-refractivity contribution is 6.34. The Balaban J connectivity index is 1.45. The van der Waals surface area contributed by atoms with Gasteiger partial charge in [-0.15, -0.1) is 0 Å². The van der Waals surface area contributed by atoms with Gasteiger partial charge >= 0.3 is 0 Å². The van der Waals surface area contributed by atoms with E-state index in [2.05, 4.69) is 22.9 Å². The van der Waals surface area contributed by atoms with Crippen molar-refractivity contribution >= 4 is 40.5 Å². The van der Waals surface area contributed by atoms with Crippen molar-refractivity contribution in [3.05, 3.63) is 75.9 Å². The SMILES string of the molecule is CCCc1cc(Cl)c(Oc2ncccc2C(=O)N2CCN(C3CC3)c3ccccc32)cc1Cl. The van der Waals surface area contributed by atoms with E-state index in [1.165, 1.54) is 12.8 Å². The average molecular weight is 482 g/mol. The van der Waals surface area contributed by atoms with Crippen LogP contribution in [0.15, 0.2) is 54.7 Å². The molecule has 1 fully saturated rings. The molecule has 0 atom stereocenters. The Hall–Kier alpha value is -2.76. The maximum atomic E-state index is 13.7. The van der Waals surface area contributed by atoms with Gasteiger partial charge in [0.05, 0.1) is 16.4 Å². The van der Waals surface area contributed by atoms with Crippen LogP contribution in [0.4, 0.5) is 11.4 Å². The number of ether oxygens (including phenoxy) is 1. The van der Waals surface area contributed by atoms with Gasteiger partial charge in [-0.1, -0.05) is 48.7 Å². The number of benzene rings is 2. The van der Waals surface area contributed by atoms with Crippen LogP contribution in [-0.2, 0) is 6.42 Å². The van der Waals surface area contributed by atoms with Crippen LogP contribution in [0.1, 0.15) is 42.1 Å². The van der Waals surface area contributed by atoms with E-state index in [1.54, 1.807) is 24.4 Å². The van der Waals surface area contributed by atoms with Crippen LogP contribution in [0.2, 0.25) is 10.0 Å². The molecule has 0 bridgehead atoms. The molecule has 1 saturated carbocycles. The Kier molecular flexibility index (Phi) is 6.17. The largest absolute Gasteiger partial charge is 0.437 e. The van der Waals surface area contributed by atoms with Crippen LogP contribution < -0.4 is 14.5 Å².